The zero-order chi connectivity index (χ0) is 17.8. The van der Waals surface area contributed by atoms with Gasteiger partial charge >= 0.3 is 11.9 Å². The van der Waals surface area contributed by atoms with E-state index in [1.54, 1.807) is 6.07 Å². The first-order valence-corrected chi connectivity index (χ1v) is 8.51. The van der Waals surface area contributed by atoms with Crippen LogP contribution in [0.2, 0.25) is 0 Å². The zero-order valence-corrected chi connectivity index (χ0v) is 14.6. The number of hydrogen-bond donors (Lipinski definition) is 0. The van der Waals surface area contributed by atoms with Crippen molar-refractivity contribution in [1.29, 1.82) is 0 Å². The Labute approximate surface area is 146 Å². The third kappa shape index (κ3) is 2.39. The molecule has 0 aromatic heterocycles. The molecular formula is C19H21NO5. The van der Waals surface area contributed by atoms with Crippen LogP contribution in [-0.4, -0.2) is 37.7 Å². The van der Waals surface area contributed by atoms with E-state index in [-0.39, 0.29) is 29.6 Å². The van der Waals surface area contributed by atoms with Gasteiger partial charge in [0.25, 0.3) is 0 Å². The van der Waals surface area contributed by atoms with Gasteiger partial charge in [-0.15, -0.1) is 0 Å². The monoisotopic (exact) mass is 343 g/mol. The summed E-state index contributed by atoms with van der Waals surface area (Å²) in [6.45, 7) is 3.70. The molecule has 0 N–H and O–H groups in total. The van der Waals surface area contributed by atoms with Crippen molar-refractivity contribution in [2.45, 2.75) is 44.3 Å². The molecule has 0 fully saturated rings. The van der Waals surface area contributed by atoms with Crippen molar-refractivity contribution < 1.29 is 23.8 Å². The lowest BCUT2D eigenvalue weighted by atomic mass is 9.67. The van der Waals surface area contributed by atoms with Gasteiger partial charge in [-0.05, 0) is 24.6 Å². The highest BCUT2D eigenvalue weighted by Crippen LogP contribution is 2.58. The molecule has 0 bridgehead atoms. The second-order valence-corrected chi connectivity index (χ2v) is 6.94. The molecule has 1 aromatic carbocycles. The van der Waals surface area contributed by atoms with Crippen molar-refractivity contribution in [3.63, 3.8) is 0 Å². The van der Waals surface area contributed by atoms with Crippen molar-refractivity contribution in [2.75, 3.05) is 18.5 Å². The summed E-state index contributed by atoms with van der Waals surface area (Å²) in [4.78, 5) is 24.9. The summed E-state index contributed by atoms with van der Waals surface area (Å²) in [6.07, 6.45) is 5.15. The Morgan fingerprint density at radius 1 is 1.28 bits per heavy atom. The van der Waals surface area contributed by atoms with Gasteiger partial charge in [0, 0.05) is 45.1 Å². The first-order chi connectivity index (χ1) is 11.9. The molecule has 1 aliphatic carbocycles. The third-order valence-electron chi connectivity index (χ3n) is 5.30. The zero-order valence-electron chi connectivity index (χ0n) is 14.6. The summed E-state index contributed by atoms with van der Waals surface area (Å²) in [6, 6.07) is 3.77. The van der Waals surface area contributed by atoms with E-state index in [4.69, 9.17) is 14.2 Å². The molecule has 0 radical (unpaired) electrons. The van der Waals surface area contributed by atoms with Crippen LogP contribution in [0.25, 0.3) is 0 Å². The number of ether oxygens (including phenoxy) is 3. The smallest absolute Gasteiger partial charge is 0.308 e. The molecule has 132 valence electrons. The molecule has 0 saturated carbocycles. The first-order valence-electron chi connectivity index (χ1n) is 8.51. The minimum atomic E-state index is -0.374. The average molecular weight is 343 g/mol. The van der Waals surface area contributed by atoms with Gasteiger partial charge in [0.15, 0.2) is 11.5 Å². The Hall–Kier alpha value is -2.50. The van der Waals surface area contributed by atoms with Crippen LogP contribution in [-0.2, 0) is 19.7 Å². The molecule has 0 amide bonds. The van der Waals surface area contributed by atoms with Gasteiger partial charge < -0.3 is 19.1 Å². The lowest BCUT2D eigenvalue weighted by molar-refractivity contribution is -0.145. The number of anilines is 1. The summed E-state index contributed by atoms with van der Waals surface area (Å²) < 4.78 is 17.0. The Morgan fingerprint density at radius 2 is 2.08 bits per heavy atom. The summed E-state index contributed by atoms with van der Waals surface area (Å²) >= 11 is 0. The van der Waals surface area contributed by atoms with Crippen molar-refractivity contribution in [2.24, 2.45) is 0 Å². The van der Waals surface area contributed by atoms with E-state index in [0.717, 1.165) is 24.2 Å². The standard InChI is InChI=1S/C19H21NO5/c1-11(21)23-13-6-7-19-8-9-20(3)14-4-5-15(24-12(2)22)18(17(14)19)25-16(19)10-13/h4-7,13,16H,8-10H2,1-3H3/t13-,16-,19-/m0/s1. The molecule has 6 heteroatoms. The van der Waals surface area contributed by atoms with Crippen LogP contribution in [0.3, 0.4) is 0 Å². The maximum Gasteiger partial charge on any atom is 0.308 e. The van der Waals surface area contributed by atoms with Crippen LogP contribution in [0.1, 0.15) is 32.3 Å². The van der Waals surface area contributed by atoms with Crippen LogP contribution in [0.4, 0.5) is 5.69 Å². The minimum absolute atomic E-state index is 0.138. The fourth-order valence-electron chi connectivity index (χ4n) is 4.24. The molecule has 2 heterocycles. The van der Waals surface area contributed by atoms with Crippen LogP contribution >= 0.6 is 0 Å². The van der Waals surface area contributed by atoms with Crippen LogP contribution in [0.5, 0.6) is 11.5 Å². The summed E-state index contributed by atoms with van der Waals surface area (Å²) in [5.41, 5.74) is 1.90. The van der Waals surface area contributed by atoms with E-state index in [2.05, 4.69) is 18.0 Å². The summed E-state index contributed by atoms with van der Waals surface area (Å²) in [7, 11) is 2.05. The lowest BCUT2D eigenvalue weighted by Crippen LogP contribution is -2.47. The van der Waals surface area contributed by atoms with E-state index in [9.17, 15) is 9.59 Å². The number of nitrogens with zero attached hydrogens (tertiary/aromatic N) is 1. The van der Waals surface area contributed by atoms with E-state index < -0.39 is 0 Å². The fraction of sp³-hybridized carbons (Fsp3) is 0.474. The Morgan fingerprint density at radius 3 is 2.80 bits per heavy atom. The molecule has 4 rings (SSSR count). The second-order valence-electron chi connectivity index (χ2n) is 6.94. The first kappa shape index (κ1) is 16.0. The van der Waals surface area contributed by atoms with E-state index >= 15 is 0 Å². The molecular weight excluding hydrogens is 322 g/mol. The van der Waals surface area contributed by atoms with Gasteiger partial charge in [-0.25, -0.2) is 0 Å². The number of benzene rings is 1. The molecule has 0 unspecified atom stereocenters. The molecule has 1 spiro atoms. The molecule has 1 aromatic rings. The van der Waals surface area contributed by atoms with Crippen molar-refractivity contribution in [3.05, 3.63) is 29.8 Å². The van der Waals surface area contributed by atoms with E-state index in [1.165, 1.54) is 13.8 Å². The number of carbonyl (C=O) groups excluding carboxylic acids is 2. The minimum Gasteiger partial charge on any atom is -0.485 e. The highest BCUT2D eigenvalue weighted by molar-refractivity contribution is 5.76. The predicted molar refractivity (Wildman–Crippen MR) is 91.0 cm³/mol. The van der Waals surface area contributed by atoms with Crippen molar-refractivity contribution in [1.82, 2.24) is 0 Å². The average Bonchev–Trinajstić information content (AvgIpc) is 2.88. The Balaban J connectivity index is 1.80. The summed E-state index contributed by atoms with van der Waals surface area (Å²) in [5, 5.41) is 0. The third-order valence-corrected chi connectivity index (χ3v) is 5.30. The van der Waals surface area contributed by atoms with Crippen LogP contribution in [0.15, 0.2) is 24.3 Å². The number of carbonyl (C=O) groups is 2. The molecule has 6 nitrogen and oxygen atoms in total. The Kier molecular flexibility index (Phi) is 3.52. The molecule has 0 saturated heterocycles. The molecule has 3 aliphatic rings. The van der Waals surface area contributed by atoms with Gasteiger partial charge in [0.2, 0.25) is 0 Å². The summed E-state index contributed by atoms with van der Waals surface area (Å²) in [5.74, 6) is 0.414. The fourth-order valence-corrected chi connectivity index (χ4v) is 4.24. The van der Waals surface area contributed by atoms with Gasteiger partial charge in [0.05, 0.1) is 5.41 Å². The normalized spacial score (nSPS) is 28.7. The highest BCUT2D eigenvalue weighted by Gasteiger charge is 2.54. The van der Waals surface area contributed by atoms with E-state index in [0.29, 0.717) is 17.9 Å². The highest BCUT2D eigenvalue weighted by atomic mass is 16.6. The van der Waals surface area contributed by atoms with E-state index in [1.807, 2.05) is 12.1 Å². The lowest BCUT2D eigenvalue weighted by Gasteiger charge is -2.42. The predicted octanol–water partition coefficient (Wildman–Crippen LogP) is 2.34. The van der Waals surface area contributed by atoms with Crippen LogP contribution < -0.4 is 14.4 Å². The quantitative estimate of drug-likeness (QED) is 0.467. The molecule has 2 aliphatic heterocycles. The Bertz CT molecular complexity index is 786. The van der Waals surface area contributed by atoms with Crippen molar-refractivity contribution in [3.8, 4) is 11.5 Å². The van der Waals surface area contributed by atoms with Gasteiger partial charge in [0.1, 0.15) is 12.2 Å². The topological polar surface area (TPSA) is 65.1 Å². The molecule has 3 atom stereocenters. The van der Waals surface area contributed by atoms with Gasteiger partial charge in [-0.2, -0.15) is 0 Å². The SMILES string of the molecule is CC(=O)Oc1ccc2c3c1O[C@H]1C[C@@H](OC(C)=O)C=C[C@@]31CCN2C. The van der Waals surface area contributed by atoms with Crippen LogP contribution in [0, 0.1) is 0 Å². The second kappa shape index (κ2) is 5.51. The number of esters is 2. The molecule has 25 heavy (non-hydrogen) atoms. The maximum absolute atomic E-state index is 11.5. The van der Waals surface area contributed by atoms with Gasteiger partial charge in [-0.3, -0.25) is 9.59 Å². The largest absolute Gasteiger partial charge is 0.485 e. The number of rotatable bonds is 2. The van der Waals surface area contributed by atoms with Crippen molar-refractivity contribution >= 4 is 17.6 Å². The maximum atomic E-state index is 11.5. The van der Waals surface area contributed by atoms with Gasteiger partial charge in [-0.1, -0.05) is 6.08 Å². The number of hydrogen-bond acceptors (Lipinski definition) is 6.